The molecule has 0 amide bonds. The van der Waals surface area contributed by atoms with Crippen LogP contribution in [0.1, 0.15) is 141 Å². The van der Waals surface area contributed by atoms with Crippen LogP contribution < -0.4 is 0 Å². The minimum Gasteiger partial charge on any atom is -0.272 e. The first-order chi connectivity index (χ1) is 19.7. The van der Waals surface area contributed by atoms with E-state index in [4.69, 9.17) is 0 Å². The summed E-state index contributed by atoms with van der Waals surface area (Å²) in [6.45, 7) is 4.30. The lowest BCUT2D eigenvalue weighted by atomic mass is 10.0. The predicted octanol–water partition coefficient (Wildman–Crippen LogP) is 12.5. The number of carbonyl (C=O) groups excluding carboxylic acids is 2. The van der Waals surface area contributed by atoms with Gasteiger partial charge in [-0.3, -0.25) is 9.59 Å². The van der Waals surface area contributed by atoms with Crippen LogP contribution in [0.5, 0.6) is 0 Å². The second kappa shape index (κ2) is 27.9. The molecule has 0 aromatic rings. The van der Waals surface area contributed by atoms with E-state index < -0.39 is 0 Å². The molecule has 0 aliphatic carbocycles. The molecule has 0 atom stereocenters. The number of rotatable bonds is 23. The van der Waals surface area contributed by atoms with Crippen LogP contribution in [0, 0.1) is 0 Å². The van der Waals surface area contributed by atoms with Crippen molar-refractivity contribution in [2.75, 3.05) is 37.7 Å². The second-order valence-corrected chi connectivity index (χ2v) is 18.6. The Bertz CT molecular complexity index is 567. The molecule has 2 fully saturated rings. The van der Waals surface area contributed by atoms with Crippen LogP contribution in [0.15, 0.2) is 0 Å². The first-order valence-electron chi connectivity index (χ1n) is 16.3. The Balaban J connectivity index is 1.19. The van der Waals surface area contributed by atoms with Gasteiger partial charge in [-0.2, -0.15) is 0 Å². The molecular weight excluding hydrogens is 613 g/mol. The maximum atomic E-state index is 12.0. The fourth-order valence-electron chi connectivity index (χ4n) is 5.13. The molecule has 0 spiro atoms. The van der Waals surface area contributed by atoms with Gasteiger partial charge in [-0.05, 0) is 60.1 Å². The maximum Gasteiger partial charge on any atom is 0.271 e. The van der Waals surface area contributed by atoms with Crippen molar-refractivity contribution < 1.29 is 9.59 Å². The maximum absolute atomic E-state index is 12.0. The third-order valence-corrected chi connectivity index (χ3v) is 14.7. The van der Waals surface area contributed by atoms with E-state index in [0.29, 0.717) is 0 Å². The lowest BCUT2D eigenvalue weighted by molar-refractivity contribution is 0.274. The zero-order valence-electron chi connectivity index (χ0n) is 25.0. The van der Waals surface area contributed by atoms with Crippen molar-refractivity contribution in [2.45, 2.75) is 141 Å². The van der Waals surface area contributed by atoms with Crippen molar-refractivity contribution in [3.8, 4) is 0 Å². The SMILES string of the molecule is O=C(SSCCCCCCCCCCCCCCCCCCSSC(=O)SN1CCCCC1)SN1CCCCC1. The number of piperidine rings is 2. The lowest BCUT2D eigenvalue weighted by Gasteiger charge is -2.23. The van der Waals surface area contributed by atoms with Crippen LogP contribution in [0.25, 0.3) is 0 Å². The summed E-state index contributed by atoms with van der Waals surface area (Å²) in [6, 6.07) is 0. The highest BCUT2D eigenvalue weighted by Crippen LogP contribution is 2.33. The molecule has 0 radical (unpaired) electrons. The Morgan fingerprint density at radius 3 is 0.975 bits per heavy atom. The summed E-state index contributed by atoms with van der Waals surface area (Å²) < 4.78 is 5.01. The van der Waals surface area contributed by atoms with Crippen LogP contribution in [0.3, 0.4) is 0 Å². The quantitative estimate of drug-likeness (QED) is 0.0596. The summed E-state index contributed by atoms with van der Waals surface area (Å²) in [5.74, 6) is 2.21. The van der Waals surface area contributed by atoms with Gasteiger partial charge in [0.2, 0.25) is 0 Å². The van der Waals surface area contributed by atoms with Crippen LogP contribution >= 0.6 is 67.1 Å². The molecule has 0 aromatic heterocycles. The smallest absolute Gasteiger partial charge is 0.271 e. The summed E-state index contributed by atoms with van der Waals surface area (Å²) in [4.78, 5) is 24.0. The summed E-state index contributed by atoms with van der Waals surface area (Å²) in [5.41, 5.74) is 0. The number of carbonyl (C=O) groups is 2. The largest absolute Gasteiger partial charge is 0.272 e. The van der Waals surface area contributed by atoms with Crippen LogP contribution in [-0.4, -0.2) is 55.2 Å². The average molecular weight is 669 g/mol. The van der Waals surface area contributed by atoms with Gasteiger partial charge in [0.1, 0.15) is 0 Å². The average Bonchev–Trinajstić information content (AvgIpc) is 2.96. The van der Waals surface area contributed by atoms with E-state index in [9.17, 15) is 9.59 Å². The van der Waals surface area contributed by atoms with E-state index in [1.54, 1.807) is 21.6 Å². The Labute approximate surface area is 271 Å². The molecule has 0 aromatic carbocycles. The molecule has 40 heavy (non-hydrogen) atoms. The number of nitrogens with zero attached hydrogens (tertiary/aromatic N) is 2. The molecule has 0 saturated carbocycles. The van der Waals surface area contributed by atoms with E-state index in [0.717, 1.165) is 37.7 Å². The molecule has 2 aliphatic rings. The van der Waals surface area contributed by atoms with Crippen molar-refractivity contribution in [3.63, 3.8) is 0 Å². The highest BCUT2D eigenvalue weighted by Gasteiger charge is 2.16. The third-order valence-electron chi connectivity index (χ3n) is 7.50. The van der Waals surface area contributed by atoms with Gasteiger partial charge in [0.15, 0.2) is 0 Å². The summed E-state index contributed by atoms with van der Waals surface area (Å²) >= 11 is 2.88. The minimum atomic E-state index is 0.264. The Morgan fingerprint density at radius 1 is 0.400 bits per heavy atom. The van der Waals surface area contributed by atoms with Crippen molar-refractivity contribution in [1.82, 2.24) is 8.61 Å². The highest BCUT2D eigenvalue weighted by atomic mass is 33.1. The van der Waals surface area contributed by atoms with Crippen molar-refractivity contribution in [2.24, 2.45) is 0 Å². The molecule has 4 nitrogen and oxygen atoms in total. The van der Waals surface area contributed by atoms with Gasteiger partial charge in [0.05, 0.1) is 0 Å². The number of unbranched alkanes of at least 4 members (excludes halogenated alkanes) is 15. The van der Waals surface area contributed by atoms with Crippen LogP contribution in [0.2, 0.25) is 0 Å². The molecule has 10 heteroatoms. The minimum absolute atomic E-state index is 0.264. The molecule has 0 unspecified atom stereocenters. The molecule has 2 saturated heterocycles. The van der Waals surface area contributed by atoms with E-state index >= 15 is 0 Å². The highest BCUT2D eigenvalue weighted by molar-refractivity contribution is 8.86. The predicted molar refractivity (Wildman–Crippen MR) is 191 cm³/mol. The standard InChI is InChI=1S/C30H56N2O2S6/c33-29(37-31-23-17-15-18-24-31)39-35-27-21-13-11-9-7-5-3-1-2-4-6-8-10-12-14-22-28-36-40-30(34)38-32-25-19-16-20-26-32/h1-28H2. The zero-order valence-corrected chi connectivity index (χ0v) is 29.9. The molecule has 2 aliphatic heterocycles. The van der Waals surface area contributed by atoms with Gasteiger partial charge in [-0.15, -0.1) is 0 Å². The van der Waals surface area contributed by atoms with Crippen molar-refractivity contribution >= 4 is 76.0 Å². The molecule has 234 valence electrons. The first-order valence-corrected chi connectivity index (χ1v) is 22.5. The van der Waals surface area contributed by atoms with Crippen molar-refractivity contribution in [1.29, 1.82) is 0 Å². The third kappa shape index (κ3) is 22.8. The van der Waals surface area contributed by atoms with E-state index in [1.165, 1.54) is 187 Å². The second-order valence-electron chi connectivity index (χ2n) is 11.1. The summed E-state index contributed by atoms with van der Waals surface area (Å²) in [5, 5.41) is 0. The summed E-state index contributed by atoms with van der Waals surface area (Å²) in [7, 11) is 6.40. The monoisotopic (exact) mass is 668 g/mol. The normalized spacial score (nSPS) is 16.9. The van der Waals surface area contributed by atoms with Gasteiger partial charge in [0.25, 0.3) is 8.89 Å². The molecule has 0 N–H and O–H groups in total. The van der Waals surface area contributed by atoms with E-state index in [-0.39, 0.29) is 8.89 Å². The van der Waals surface area contributed by atoms with Gasteiger partial charge in [-0.1, -0.05) is 124 Å². The molecule has 2 heterocycles. The molecule has 2 rings (SSSR count). The Hall–Kier alpha value is 1.36. The van der Waals surface area contributed by atoms with E-state index in [2.05, 4.69) is 8.61 Å². The zero-order chi connectivity index (χ0) is 28.4. The Kier molecular flexibility index (Phi) is 26.2. The molecular formula is C30H56N2O2S6. The number of hydrogen-bond donors (Lipinski definition) is 0. The Morgan fingerprint density at radius 2 is 0.675 bits per heavy atom. The van der Waals surface area contributed by atoms with Gasteiger partial charge in [0, 0.05) is 61.6 Å². The van der Waals surface area contributed by atoms with Crippen LogP contribution in [-0.2, 0) is 0 Å². The lowest BCUT2D eigenvalue weighted by Crippen LogP contribution is -2.23. The van der Waals surface area contributed by atoms with Gasteiger partial charge >= 0.3 is 0 Å². The topological polar surface area (TPSA) is 40.6 Å². The fourth-order valence-corrected chi connectivity index (χ4v) is 11.5. The van der Waals surface area contributed by atoms with Crippen LogP contribution in [0.4, 0.5) is 9.59 Å². The van der Waals surface area contributed by atoms with Gasteiger partial charge in [-0.25, -0.2) is 8.61 Å². The first kappa shape index (κ1) is 37.5. The van der Waals surface area contributed by atoms with E-state index in [1.807, 2.05) is 0 Å². The van der Waals surface area contributed by atoms with Crippen molar-refractivity contribution in [3.05, 3.63) is 0 Å². The number of hydrogen-bond acceptors (Lipinski definition) is 10. The molecule has 0 bridgehead atoms. The van der Waals surface area contributed by atoms with Gasteiger partial charge < -0.3 is 0 Å². The fraction of sp³-hybridized carbons (Fsp3) is 0.933. The summed E-state index contributed by atoms with van der Waals surface area (Å²) in [6.07, 6.45) is 29.5.